The third-order valence-electron chi connectivity index (χ3n) is 6.84. The molecule has 8 unspecified atom stereocenters. The van der Waals surface area contributed by atoms with Gasteiger partial charge < -0.3 is 29.4 Å². The van der Waals surface area contributed by atoms with E-state index in [4.69, 9.17) is 18.9 Å². The molecule has 0 aromatic heterocycles. The van der Waals surface area contributed by atoms with Gasteiger partial charge in [0, 0.05) is 19.4 Å². The molecule has 3 rings (SSSR count). The summed E-state index contributed by atoms with van der Waals surface area (Å²) in [5.74, 6) is -0.335. The molecule has 1 amide bonds. The standard InChI is InChI=1S/C26H39NO7/c1-16(7-10-23-25(30)26(15-32-26)12-13-31-23)6-9-22-17(2)14-21(19(4)34-22)27-24(29)11-8-18(3)33-20(5)28/h6-8,10-11,17-19,21-23,25,30H,9,12-15H2,1-5H3,(H,27,29). The van der Waals surface area contributed by atoms with Crippen LogP contribution in [0.2, 0.25) is 0 Å². The molecule has 0 aromatic carbocycles. The van der Waals surface area contributed by atoms with Crippen molar-refractivity contribution >= 4 is 11.9 Å². The van der Waals surface area contributed by atoms with E-state index in [-0.39, 0.29) is 42.1 Å². The van der Waals surface area contributed by atoms with E-state index in [2.05, 4.69) is 18.3 Å². The van der Waals surface area contributed by atoms with E-state index >= 15 is 0 Å². The molecule has 0 bridgehead atoms. The van der Waals surface area contributed by atoms with Crippen LogP contribution in [0.15, 0.2) is 36.0 Å². The number of allylic oxidation sites excluding steroid dienone is 2. The average molecular weight is 478 g/mol. The first kappa shape index (κ1) is 26.6. The first-order valence-electron chi connectivity index (χ1n) is 12.2. The first-order valence-corrected chi connectivity index (χ1v) is 12.2. The first-order chi connectivity index (χ1) is 16.1. The Bertz CT molecular complexity index is 816. The van der Waals surface area contributed by atoms with Crippen LogP contribution in [0.3, 0.4) is 0 Å². The highest BCUT2D eigenvalue weighted by Crippen LogP contribution is 2.40. The van der Waals surface area contributed by atoms with Crippen LogP contribution in [0.1, 0.15) is 53.9 Å². The normalized spacial score (nSPS) is 37.2. The third-order valence-corrected chi connectivity index (χ3v) is 6.84. The van der Waals surface area contributed by atoms with Gasteiger partial charge in [0.1, 0.15) is 23.9 Å². The van der Waals surface area contributed by atoms with E-state index in [0.29, 0.717) is 13.2 Å². The highest BCUT2D eigenvalue weighted by atomic mass is 16.6. The van der Waals surface area contributed by atoms with Gasteiger partial charge in [0.25, 0.3) is 0 Å². The molecule has 0 aliphatic carbocycles. The van der Waals surface area contributed by atoms with Gasteiger partial charge in [-0.2, -0.15) is 0 Å². The lowest BCUT2D eigenvalue weighted by Crippen LogP contribution is -2.50. The van der Waals surface area contributed by atoms with Crippen LogP contribution in [-0.4, -0.2) is 72.4 Å². The molecule has 8 heteroatoms. The molecular weight excluding hydrogens is 438 g/mol. The number of amides is 1. The maximum atomic E-state index is 12.3. The number of esters is 1. The molecule has 0 radical (unpaired) electrons. The maximum Gasteiger partial charge on any atom is 0.303 e. The molecule has 0 aromatic rings. The fourth-order valence-corrected chi connectivity index (χ4v) is 4.56. The Labute approximate surface area is 202 Å². The van der Waals surface area contributed by atoms with Crippen LogP contribution < -0.4 is 5.32 Å². The van der Waals surface area contributed by atoms with Gasteiger partial charge in [-0.1, -0.05) is 30.7 Å². The van der Waals surface area contributed by atoms with Crippen molar-refractivity contribution in [3.05, 3.63) is 36.0 Å². The Hall–Kier alpha value is -2.00. The number of aliphatic hydroxyl groups excluding tert-OH is 1. The molecule has 3 saturated heterocycles. The number of rotatable bonds is 8. The highest BCUT2D eigenvalue weighted by Gasteiger charge is 2.55. The molecule has 1 spiro atoms. The average Bonchev–Trinajstić information content (AvgIpc) is 3.54. The summed E-state index contributed by atoms with van der Waals surface area (Å²) in [6.45, 7) is 10.4. The molecule has 3 aliphatic rings. The molecule has 0 saturated carbocycles. The summed E-state index contributed by atoms with van der Waals surface area (Å²) in [7, 11) is 0. The minimum absolute atomic E-state index is 0.0608. The van der Waals surface area contributed by atoms with Gasteiger partial charge in [-0.15, -0.1) is 0 Å². The summed E-state index contributed by atoms with van der Waals surface area (Å²) in [6, 6.07) is -0.0840. The number of nitrogens with one attached hydrogen (secondary N) is 1. The van der Waals surface area contributed by atoms with E-state index < -0.39 is 17.8 Å². The predicted octanol–water partition coefficient (Wildman–Crippen LogP) is 2.60. The van der Waals surface area contributed by atoms with Gasteiger partial charge >= 0.3 is 5.97 Å². The van der Waals surface area contributed by atoms with Gasteiger partial charge in [0.05, 0.1) is 31.5 Å². The Balaban J connectivity index is 1.45. The van der Waals surface area contributed by atoms with Crippen molar-refractivity contribution in [2.45, 2.75) is 96.0 Å². The summed E-state index contributed by atoms with van der Waals surface area (Å²) in [5, 5.41) is 13.5. The Morgan fingerprint density at radius 2 is 2.00 bits per heavy atom. The quantitative estimate of drug-likeness (QED) is 0.240. The second-order valence-corrected chi connectivity index (χ2v) is 9.81. The van der Waals surface area contributed by atoms with Crippen LogP contribution in [0.5, 0.6) is 0 Å². The van der Waals surface area contributed by atoms with E-state index in [1.807, 2.05) is 26.0 Å². The molecule has 3 fully saturated rings. The minimum atomic E-state index is -0.625. The van der Waals surface area contributed by atoms with Gasteiger partial charge in [-0.3, -0.25) is 9.59 Å². The number of ether oxygens (including phenoxy) is 4. The zero-order chi connectivity index (χ0) is 24.9. The fraction of sp³-hybridized carbons (Fsp3) is 0.692. The monoisotopic (exact) mass is 477 g/mol. The number of carbonyl (C=O) groups excluding carboxylic acids is 2. The maximum absolute atomic E-state index is 12.3. The largest absolute Gasteiger partial charge is 0.459 e. The molecule has 3 heterocycles. The summed E-state index contributed by atoms with van der Waals surface area (Å²) >= 11 is 0. The Morgan fingerprint density at radius 1 is 1.26 bits per heavy atom. The molecule has 34 heavy (non-hydrogen) atoms. The molecule has 3 aliphatic heterocycles. The topological polar surface area (TPSA) is 107 Å². The van der Waals surface area contributed by atoms with E-state index in [0.717, 1.165) is 24.8 Å². The number of aliphatic hydroxyl groups is 1. The Kier molecular flexibility index (Phi) is 9.09. The predicted molar refractivity (Wildman–Crippen MR) is 127 cm³/mol. The number of epoxide rings is 1. The van der Waals surface area contributed by atoms with Gasteiger partial charge in [0.2, 0.25) is 5.91 Å². The highest BCUT2D eigenvalue weighted by molar-refractivity contribution is 5.87. The second kappa shape index (κ2) is 11.6. The van der Waals surface area contributed by atoms with Crippen LogP contribution in [0.4, 0.5) is 0 Å². The number of carbonyl (C=O) groups is 2. The van der Waals surface area contributed by atoms with Crippen molar-refractivity contribution in [2.75, 3.05) is 13.2 Å². The summed E-state index contributed by atoms with van der Waals surface area (Å²) in [6.07, 6.45) is 9.85. The van der Waals surface area contributed by atoms with Crippen molar-refractivity contribution in [1.82, 2.24) is 5.32 Å². The van der Waals surface area contributed by atoms with E-state index in [1.165, 1.54) is 13.0 Å². The smallest absolute Gasteiger partial charge is 0.303 e. The van der Waals surface area contributed by atoms with Crippen molar-refractivity contribution < 1.29 is 33.6 Å². The van der Waals surface area contributed by atoms with Gasteiger partial charge in [-0.05, 0) is 45.6 Å². The van der Waals surface area contributed by atoms with Crippen molar-refractivity contribution in [1.29, 1.82) is 0 Å². The lowest BCUT2D eigenvalue weighted by Gasteiger charge is -2.39. The second-order valence-electron chi connectivity index (χ2n) is 9.81. The number of hydrogen-bond acceptors (Lipinski definition) is 7. The zero-order valence-electron chi connectivity index (χ0n) is 20.9. The van der Waals surface area contributed by atoms with Crippen LogP contribution in [0, 0.1) is 5.92 Å². The lowest BCUT2D eigenvalue weighted by atomic mass is 9.88. The summed E-state index contributed by atoms with van der Waals surface area (Å²) in [4.78, 5) is 23.2. The van der Waals surface area contributed by atoms with Crippen molar-refractivity contribution in [3.8, 4) is 0 Å². The molecule has 2 N–H and O–H groups in total. The fourth-order valence-electron chi connectivity index (χ4n) is 4.56. The van der Waals surface area contributed by atoms with E-state index in [9.17, 15) is 14.7 Å². The summed E-state index contributed by atoms with van der Waals surface area (Å²) in [5.41, 5.74) is 0.687. The summed E-state index contributed by atoms with van der Waals surface area (Å²) < 4.78 is 22.4. The zero-order valence-corrected chi connectivity index (χ0v) is 20.9. The van der Waals surface area contributed by atoms with Crippen molar-refractivity contribution in [2.24, 2.45) is 5.92 Å². The lowest BCUT2D eigenvalue weighted by molar-refractivity contribution is -0.143. The van der Waals surface area contributed by atoms with Gasteiger partial charge in [-0.25, -0.2) is 0 Å². The van der Waals surface area contributed by atoms with Crippen LogP contribution in [0.25, 0.3) is 0 Å². The van der Waals surface area contributed by atoms with Crippen LogP contribution >= 0.6 is 0 Å². The molecular formula is C26H39NO7. The molecule has 8 nitrogen and oxygen atoms in total. The third kappa shape index (κ3) is 7.25. The van der Waals surface area contributed by atoms with Gasteiger partial charge in [0.15, 0.2) is 0 Å². The minimum Gasteiger partial charge on any atom is -0.459 e. The van der Waals surface area contributed by atoms with E-state index in [1.54, 1.807) is 13.0 Å². The SMILES string of the molecule is CC(=O)OC(C)C=CC(=O)NC1CC(C)C(CC=C(C)C=CC2OCCC3(CO3)C2O)OC1C. The number of hydrogen-bond donors (Lipinski definition) is 2. The molecule has 8 atom stereocenters. The molecule has 190 valence electrons. The van der Waals surface area contributed by atoms with Crippen LogP contribution in [-0.2, 0) is 28.5 Å². The Morgan fingerprint density at radius 3 is 2.68 bits per heavy atom. The van der Waals surface area contributed by atoms with Crippen molar-refractivity contribution in [3.63, 3.8) is 0 Å².